The highest BCUT2D eigenvalue weighted by atomic mass is 16.5. The Morgan fingerprint density at radius 2 is 1.88 bits per heavy atom. The molecule has 176 valence electrons. The molecule has 1 N–H and O–H groups in total. The Kier molecular flexibility index (Phi) is 7.47. The van der Waals surface area contributed by atoms with Gasteiger partial charge in [-0.1, -0.05) is 12.1 Å². The van der Waals surface area contributed by atoms with Crippen LogP contribution in [0.1, 0.15) is 60.1 Å². The molecule has 7 heteroatoms. The van der Waals surface area contributed by atoms with E-state index >= 15 is 0 Å². The Balaban J connectivity index is 1.55. The van der Waals surface area contributed by atoms with Crippen molar-refractivity contribution in [2.75, 3.05) is 26.2 Å². The van der Waals surface area contributed by atoms with E-state index in [9.17, 15) is 14.4 Å². The second-order valence-electron chi connectivity index (χ2n) is 9.05. The van der Waals surface area contributed by atoms with Crippen LogP contribution in [0.25, 0.3) is 0 Å². The van der Waals surface area contributed by atoms with Crippen LogP contribution in [0.3, 0.4) is 0 Å². The van der Waals surface area contributed by atoms with Crippen LogP contribution in [-0.2, 0) is 11.2 Å². The lowest BCUT2D eigenvalue weighted by Crippen LogP contribution is -2.44. The molecule has 2 aliphatic rings. The number of rotatable bonds is 1. The molecule has 2 bridgehead atoms. The van der Waals surface area contributed by atoms with Gasteiger partial charge in [0.05, 0.1) is 6.54 Å². The fourth-order valence-electron chi connectivity index (χ4n) is 4.82. The lowest BCUT2D eigenvalue weighted by Gasteiger charge is -2.36. The first-order valence-electron chi connectivity index (χ1n) is 12.0. The maximum absolute atomic E-state index is 13.2. The largest absolute Gasteiger partial charge is 0.492 e. The molecule has 1 atom stereocenters. The molecule has 0 saturated carbocycles. The average Bonchev–Trinajstić information content (AvgIpc) is 2.81. The minimum Gasteiger partial charge on any atom is -0.492 e. The Hall–Kier alpha value is -3.09. The number of hydrogen-bond acceptors (Lipinski definition) is 4. The Morgan fingerprint density at radius 3 is 2.73 bits per heavy atom. The predicted molar refractivity (Wildman–Crippen MR) is 127 cm³/mol. The summed E-state index contributed by atoms with van der Waals surface area (Å²) in [4.78, 5) is 44.9. The van der Waals surface area contributed by atoms with Crippen LogP contribution >= 0.6 is 0 Å². The van der Waals surface area contributed by atoms with Gasteiger partial charge in [-0.15, -0.1) is 0 Å². The van der Waals surface area contributed by atoms with Gasteiger partial charge in [-0.3, -0.25) is 14.4 Å². The van der Waals surface area contributed by atoms with E-state index in [4.69, 9.17) is 4.74 Å². The number of amides is 2. The molecule has 33 heavy (non-hydrogen) atoms. The molecule has 0 aliphatic carbocycles. The number of ether oxygens (including phenoxy) is 1. The summed E-state index contributed by atoms with van der Waals surface area (Å²) in [6, 6.07) is 11.6. The van der Waals surface area contributed by atoms with Crippen molar-refractivity contribution in [1.29, 1.82) is 0 Å². The second-order valence-corrected chi connectivity index (χ2v) is 9.05. The van der Waals surface area contributed by atoms with Crippen LogP contribution in [0.5, 0.6) is 5.75 Å². The molecular weight excluding hydrogens is 418 g/mol. The van der Waals surface area contributed by atoms with Gasteiger partial charge in [0.15, 0.2) is 0 Å². The number of carbonyl (C=O) groups is 2. The van der Waals surface area contributed by atoms with E-state index in [-0.39, 0.29) is 23.4 Å². The van der Waals surface area contributed by atoms with Gasteiger partial charge in [-0.2, -0.15) is 0 Å². The third-order valence-electron chi connectivity index (χ3n) is 6.63. The number of benzene rings is 1. The zero-order valence-corrected chi connectivity index (χ0v) is 19.3. The quantitative estimate of drug-likeness (QED) is 0.721. The SMILES string of the molecule is Cc1ccc(C(=O)N2CCCC(=O)N3CCCCC3CCc3cccc(c3)OCC2)c(=O)[nH]1. The minimum absolute atomic E-state index is 0.114. The van der Waals surface area contributed by atoms with E-state index < -0.39 is 5.56 Å². The number of carbonyl (C=O) groups excluding carboxylic acids is 2. The number of nitrogens with one attached hydrogen (secondary N) is 1. The van der Waals surface area contributed by atoms with Gasteiger partial charge < -0.3 is 19.5 Å². The van der Waals surface area contributed by atoms with Crippen LogP contribution < -0.4 is 10.3 Å². The fraction of sp³-hybridized carbons (Fsp3) is 0.500. The average molecular weight is 452 g/mol. The van der Waals surface area contributed by atoms with Crippen molar-refractivity contribution in [3.05, 3.63) is 63.6 Å². The highest BCUT2D eigenvalue weighted by Crippen LogP contribution is 2.24. The molecule has 2 amide bonds. The first-order chi connectivity index (χ1) is 16.0. The lowest BCUT2D eigenvalue weighted by atomic mass is 9.95. The van der Waals surface area contributed by atoms with E-state index in [1.165, 1.54) is 5.56 Å². The topological polar surface area (TPSA) is 82.7 Å². The molecule has 2 aliphatic heterocycles. The van der Waals surface area contributed by atoms with Gasteiger partial charge in [0.2, 0.25) is 5.91 Å². The number of hydrogen-bond donors (Lipinski definition) is 1. The van der Waals surface area contributed by atoms with Crippen LogP contribution in [0.2, 0.25) is 0 Å². The Labute approximate surface area is 194 Å². The normalized spacial score (nSPS) is 20.3. The number of aryl methyl sites for hydroxylation is 2. The van der Waals surface area contributed by atoms with Crippen LogP contribution in [0.4, 0.5) is 0 Å². The standard InChI is InChI=1S/C26H33N3O4/c1-19-10-13-23(25(31)27-19)26(32)28-14-5-9-24(30)29-15-3-2-7-21(29)12-11-20-6-4-8-22(18-20)33-17-16-28/h4,6,8,10,13,18,21H,2-3,5,7,9,11-12,14-17H2,1H3,(H,27,31). The van der Waals surface area contributed by atoms with Crippen molar-refractivity contribution in [2.45, 2.75) is 57.9 Å². The van der Waals surface area contributed by atoms with E-state index in [1.807, 2.05) is 18.2 Å². The maximum atomic E-state index is 13.2. The third-order valence-corrected chi connectivity index (χ3v) is 6.63. The molecular formula is C26H33N3O4. The molecule has 1 aromatic heterocycles. The van der Waals surface area contributed by atoms with E-state index in [0.29, 0.717) is 38.2 Å². The zero-order valence-electron chi connectivity index (χ0n) is 19.3. The fourth-order valence-corrected chi connectivity index (χ4v) is 4.82. The molecule has 7 nitrogen and oxygen atoms in total. The molecule has 4 rings (SSSR count). The first kappa shape index (κ1) is 23.1. The number of piperidine rings is 1. The molecule has 1 unspecified atom stereocenters. The van der Waals surface area contributed by atoms with Crippen molar-refractivity contribution in [1.82, 2.24) is 14.8 Å². The molecule has 3 heterocycles. The molecule has 1 aromatic carbocycles. The third kappa shape index (κ3) is 5.83. The van der Waals surface area contributed by atoms with Gasteiger partial charge >= 0.3 is 0 Å². The van der Waals surface area contributed by atoms with Crippen molar-refractivity contribution in [3.63, 3.8) is 0 Å². The van der Waals surface area contributed by atoms with Crippen molar-refractivity contribution < 1.29 is 14.3 Å². The number of nitrogens with zero attached hydrogens (tertiary/aromatic N) is 2. The summed E-state index contributed by atoms with van der Waals surface area (Å²) in [7, 11) is 0. The van der Waals surface area contributed by atoms with Crippen LogP contribution in [0, 0.1) is 6.92 Å². The van der Waals surface area contributed by atoms with E-state index in [2.05, 4.69) is 16.0 Å². The second kappa shape index (κ2) is 10.7. The Morgan fingerprint density at radius 1 is 1.00 bits per heavy atom. The summed E-state index contributed by atoms with van der Waals surface area (Å²) in [5.41, 5.74) is 1.62. The number of fused-ring (bicyclic) bond motifs is 3. The summed E-state index contributed by atoms with van der Waals surface area (Å²) in [6.45, 7) is 3.66. The van der Waals surface area contributed by atoms with Gasteiger partial charge in [0.1, 0.15) is 17.9 Å². The highest BCUT2D eigenvalue weighted by molar-refractivity contribution is 5.93. The molecule has 1 fully saturated rings. The van der Waals surface area contributed by atoms with Crippen molar-refractivity contribution in [3.8, 4) is 5.75 Å². The summed E-state index contributed by atoms with van der Waals surface area (Å²) >= 11 is 0. The summed E-state index contributed by atoms with van der Waals surface area (Å²) in [5.74, 6) is 0.612. The molecule has 0 radical (unpaired) electrons. The van der Waals surface area contributed by atoms with E-state index in [0.717, 1.165) is 44.4 Å². The first-order valence-corrected chi connectivity index (χ1v) is 12.0. The summed E-state index contributed by atoms with van der Waals surface area (Å²) in [6.07, 6.45) is 6.08. The van der Waals surface area contributed by atoms with Gasteiger partial charge in [0.25, 0.3) is 11.5 Å². The number of aromatic amines is 1. The van der Waals surface area contributed by atoms with Gasteiger partial charge in [-0.05, 0) is 75.3 Å². The summed E-state index contributed by atoms with van der Waals surface area (Å²) in [5, 5.41) is 0. The number of aromatic nitrogens is 1. The van der Waals surface area contributed by atoms with Crippen LogP contribution in [-0.4, -0.2) is 58.9 Å². The monoisotopic (exact) mass is 451 g/mol. The van der Waals surface area contributed by atoms with Crippen molar-refractivity contribution >= 4 is 11.8 Å². The summed E-state index contributed by atoms with van der Waals surface area (Å²) < 4.78 is 5.96. The smallest absolute Gasteiger partial charge is 0.260 e. The highest BCUT2D eigenvalue weighted by Gasteiger charge is 2.27. The maximum Gasteiger partial charge on any atom is 0.260 e. The molecule has 2 aromatic rings. The number of pyridine rings is 1. The van der Waals surface area contributed by atoms with Crippen LogP contribution in [0.15, 0.2) is 41.2 Å². The van der Waals surface area contributed by atoms with Gasteiger partial charge in [-0.25, -0.2) is 0 Å². The van der Waals surface area contributed by atoms with E-state index in [1.54, 1.807) is 24.0 Å². The zero-order chi connectivity index (χ0) is 23.2. The van der Waals surface area contributed by atoms with Crippen molar-refractivity contribution in [2.24, 2.45) is 0 Å². The predicted octanol–water partition coefficient (Wildman–Crippen LogP) is 3.31. The lowest BCUT2D eigenvalue weighted by molar-refractivity contribution is -0.135. The number of H-pyrrole nitrogens is 1. The Bertz CT molecular complexity index is 1050. The van der Waals surface area contributed by atoms with Gasteiger partial charge in [0, 0.05) is 31.2 Å². The molecule has 1 saturated heterocycles. The molecule has 0 spiro atoms. The minimum atomic E-state index is -0.392.